The summed E-state index contributed by atoms with van der Waals surface area (Å²) in [5, 5.41) is 15.4. The average Bonchev–Trinajstić information content (AvgIpc) is 2.67. The van der Waals surface area contributed by atoms with Crippen LogP contribution in [-0.2, 0) is 23.0 Å². The summed E-state index contributed by atoms with van der Waals surface area (Å²) in [6, 6.07) is -1.06. The van der Waals surface area contributed by atoms with Gasteiger partial charge in [0.25, 0.3) is 0 Å². The van der Waals surface area contributed by atoms with Crippen LogP contribution in [0.15, 0.2) is 18.9 Å². The van der Waals surface area contributed by atoms with Crippen molar-refractivity contribution in [1.29, 1.82) is 0 Å². The van der Waals surface area contributed by atoms with Crippen molar-refractivity contribution >= 4 is 12.1 Å². The number of ether oxygens (including phenoxy) is 1. The van der Waals surface area contributed by atoms with Crippen molar-refractivity contribution in [3.63, 3.8) is 0 Å². The predicted molar refractivity (Wildman–Crippen MR) is 67.8 cm³/mol. The van der Waals surface area contributed by atoms with Gasteiger partial charge in [0.05, 0.1) is 6.20 Å². The molecule has 7 heteroatoms. The first-order valence-electron chi connectivity index (χ1n) is 5.70. The van der Waals surface area contributed by atoms with Crippen LogP contribution in [-0.4, -0.2) is 39.6 Å². The zero-order valence-corrected chi connectivity index (χ0v) is 10.9. The molecule has 1 heterocycles. The van der Waals surface area contributed by atoms with Crippen LogP contribution in [0.5, 0.6) is 0 Å². The summed E-state index contributed by atoms with van der Waals surface area (Å²) in [5.41, 5.74) is 1.62. The third-order valence-corrected chi connectivity index (χ3v) is 2.68. The lowest BCUT2D eigenvalue weighted by molar-refractivity contribution is -0.139. The molecule has 1 rings (SSSR count). The molecule has 1 unspecified atom stereocenters. The smallest absolute Gasteiger partial charge is 0.408 e. The van der Waals surface area contributed by atoms with Gasteiger partial charge in [0, 0.05) is 19.2 Å². The first-order chi connectivity index (χ1) is 8.95. The topological polar surface area (TPSA) is 93.5 Å². The molecule has 7 nitrogen and oxygen atoms in total. The number of nitrogens with zero attached hydrogens (tertiary/aromatic N) is 2. The Balaban J connectivity index is 2.68. The summed E-state index contributed by atoms with van der Waals surface area (Å²) in [4.78, 5) is 22.4. The molecule has 0 bridgehead atoms. The van der Waals surface area contributed by atoms with E-state index in [2.05, 4.69) is 17.0 Å². The van der Waals surface area contributed by atoms with Gasteiger partial charge in [-0.25, -0.2) is 9.59 Å². The molecule has 19 heavy (non-hydrogen) atoms. The number of aliphatic carboxylic acids is 1. The molecule has 0 fully saturated rings. The normalized spacial score (nSPS) is 11.7. The van der Waals surface area contributed by atoms with Crippen LogP contribution in [0.4, 0.5) is 4.79 Å². The van der Waals surface area contributed by atoms with Gasteiger partial charge in [-0.3, -0.25) is 4.68 Å². The second-order valence-electron chi connectivity index (χ2n) is 4.01. The highest BCUT2D eigenvalue weighted by Gasteiger charge is 2.22. The molecule has 1 amide bonds. The quantitative estimate of drug-likeness (QED) is 0.738. The Morgan fingerprint density at radius 3 is 2.84 bits per heavy atom. The van der Waals surface area contributed by atoms with E-state index in [4.69, 9.17) is 9.84 Å². The van der Waals surface area contributed by atoms with Crippen molar-refractivity contribution in [2.24, 2.45) is 7.05 Å². The zero-order valence-electron chi connectivity index (χ0n) is 10.9. The van der Waals surface area contributed by atoms with Gasteiger partial charge in [0.1, 0.15) is 12.6 Å². The van der Waals surface area contributed by atoms with E-state index in [-0.39, 0.29) is 13.0 Å². The van der Waals surface area contributed by atoms with Gasteiger partial charge in [-0.05, 0) is 12.5 Å². The SMILES string of the molecule is C=CCOC(=O)NC(Cc1cnn(C)c1C)C(=O)O. The fraction of sp³-hybridized carbons (Fsp3) is 0.417. The number of nitrogens with one attached hydrogen (secondary N) is 1. The summed E-state index contributed by atoms with van der Waals surface area (Å²) in [7, 11) is 1.76. The van der Waals surface area contributed by atoms with Crippen LogP contribution in [0.3, 0.4) is 0 Å². The Hall–Kier alpha value is -2.31. The maximum Gasteiger partial charge on any atom is 0.408 e. The summed E-state index contributed by atoms with van der Waals surface area (Å²) in [6.07, 6.45) is 2.36. The van der Waals surface area contributed by atoms with Crippen molar-refractivity contribution in [3.05, 3.63) is 30.1 Å². The largest absolute Gasteiger partial charge is 0.480 e. The van der Waals surface area contributed by atoms with E-state index < -0.39 is 18.1 Å². The van der Waals surface area contributed by atoms with E-state index >= 15 is 0 Å². The first-order valence-corrected chi connectivity index (χ1v) is 5.70. The van der Waals surface area contributed by atoms with E-state index in [1.54, 1.807) is 17.9 Å². The molecule has 1 aromatic heterocycles. The van der Waals surface area contributed by atoms with Crippen LogP contribution in [0.1, 0.15) is 11.3 Å². The second-order valence-corrected chi connectivity index (χ2v) is 4.01. The van der Waals surface area contributed by atoms with Crippen LogP contribution in [0, 0.1) is 6.92 Å². The number of carbonyl (C=O) groups is 2. The number of aryl methyl sites for hydroxylation is 1. The van der Waals surface area contributed by atoms with E-state index in [0.29, 0.717) is 0 Å². The number of hydrogen-bond acceptors (Lipinski definition) is 4. The van der Waals surface area contributed by atoms with Crippen molar-refractivity contribution in [3.8, 4) is 0 Å². The second kappa shape index (κ2) is 6.58. The Morgan fingerprint density at radius 1 is 1.68 bits per heavy atom. The molecular formula is C12H17N3O4. The summed E-state index contributed by atoms with van der Waals surface area (Å²) in [5.74, 6) is -1.13. The molecule has 2 N–H and O–H groups in total. The van der Waals surface area contributed by atoms with Crippen molar-refractivity contribution in [2.45, 2.75) is 19.4 Å². The fourth-order valence-electron chi connectivity index (χ4n) is 1.48. The zero-order chi connectivity index (χ0) is 14.4. The average molecular weight is 267 g/mol. The number of rotatable bonds is 6. The Bertz CT molecular complexity index is 481. The minimum Gasteiger partial charge on any atom is -0.480 e. The number of aromatic nitrogens is 2. The molecule has 0 spiro atoms. The summed E-state index contributed by atoms with van der Waals surface area (Å²) >= 11 is 0. The highest BCUT2D eigenvalue weighted by atomic mass is 16.5. The molecule has 0 aliphatic heterocycles. The number of hydrogen-bond donors (Lipinski definition) is 2. The number of carbonyl (C=O) groups excluding carboxylic acids is 1. The Labute approximate surface area is 110 Å². The maximum absolute atomic E-state index is 11.3. The lowest BCUT2D eigenvalue weighted by atomic mass is 10.1. The monoisotopic (exact) mass is 267 g/mol. The van der Waals surface area contributed by atoms with Crippen LogP contribution >= 0.6 is 0 Å². The number of alkyl carbamates (subject to hydrolysis) is 1. The molecule has 0 radical (unpaired) electrons. The maximum atomic E-state index is 11.3. The van der Waals surface area contributed by atoms with Gasteiger partial charge in [-0.15, -0.1) is 0 Å². The molecule has 1 atom stereocenters. The summed E-state index contributed by atoms with van der Waals surface area (Å²) in [6.45, 7) is 5.26. The molecule has 0 aliphatic carbocycles. The number of carboxylic acid groups (broad SMARTS) is 1. The standard InChI is InChI=1S/C12H17N3O4/c1-4-5-19-12(18)14-10(11(16)17)6-9-7-13-15(3)8(9)2/h4,7,10H,1,5-6H2,2-3H3,(H,14,18)(H,16,17). The molecule has 0 saturated heterocycles. The Morgan fingerprint density at radius 2 is 2.37 bits per heavy atom. The minimum absolute atomic E-state index is 0.0318. The van der Waals surface area contributed by atoms with E-state index in [1.165, 1.54) is 6.08 Å². The minimum atomic E-state index is -1.13. The van der Waals surface area contributed by atoms with Gasteiger partial charge in [-0.1, -0.05) is 12.7 Å². The van der Waals surface area contributed by atoms with E-state index in [0.717, 1.165) is 11.3 Å². The lowest BCUT2D eigenvalue weighted by Crippen LogP contribution is -2.42. The Kier molecular flexibility index (Phi) is 5.11. The van der Waals surface area contributed by atoms with Crippen molar-refractivity contribution in [2.75, 3.05) is 6.61 Å². The fourth-order valence-corrected chi connectivity index (χ4v) is 1.48. The third-order valence-electron chi connectivity index (χ3n) is 2.68. The molecule has 1 aromatic rings. The van der Waals surface area contributed by atoms with Crippen LogP contribution in [0.25, 0.3) is 0 Å². The van der Waals surface area contributed by atoms with E-state index in [9.17, 15) is 9.59 Å². The van der Waals surface area contributed by atoms with Gasteiger partial charge < -0.3 is 15.2 Å². The van der Waals surface area contributed by atoms with Crippen molar-refractivity contribution < 1.29 is 19.4 Å². The van der Waals surface area contributed by atoms with Crippen molar-refractivity contribution in [1.82, 2.24) is 15.1 Å². The first kappa shape index (κ1) is 14.7. The highest BCUT2D eigenvalue weighted by Crippen LogP contribution is 2.09. The molecule has 0 aromatic carbocycles. The van der Waals surface area contributed by atoms with Crippen LogP contribution < -0.4 is 5.32 Å². The lowest BCUT2D eigenvalue weighted by Gasteiger charge is -2.13. The molecule has 0 saturated carbocycles. The molecular weight excluding hydrogens is 250 g/mol. The van der Waals surface area contributed by atoms with E-state index in [1.807, 2.05) is 6.92 Å². The summed E-state index contributed by atoms with van der Waals surface area (Å²) < 4.78 is 6.34. The van der Waals surface area contributed by atoms with Crippen LogP contribution in [0.2, 0.25) is 0 Å². The third kappa shape index (κ3) is 4.13. The predicted octanol–water partition coefficient (Wildman–Crippen LogP) is 0.636. The molecule has 0 aliphatic rings. The van der Waals surface area contributed by atoms with Gasteiger partial charge >= 0.3 is 12.1 Å². The van der Waals surface area contributed by atoms with Gasteiger partial charge in [0.2, 0.25) is 0 Å². The number of amides is 1. The highest BCUT2D eigenvalue weighted by molar-refractivity contribution is 5.80. The van der Waals surface area contributed by atoms with Gasteiger partial charge in [-0.2, -0.15) is 5.10 Å². The van der Waals surface area contributed by atoms with Gasteiger partial charge in [0.15, 0.2) is 0 Å². The number of carboxylic acids is 1. The molecule has 104 valence electrons.